The van der Waals surface area contributed by atoms with Gasteiger partial charge in [-0.15, -0.1) is 0 Å². The van der Waals surface area contributed by atoms with Gasteiger partial charge < -0.3 is 10.0 Å². The van der Waals surface area contributed by atoms with Gasteiger partial charge in [0.1, 0.15) is 0 Å². The van der Waals surface area contributed by atoms with E-state index in [0.717, 1.165) is 23.6 Å². The molecule has 0 fully saturated rings. The van der Waals surface area contributed by atoms with Crippen LogP contribution in [0, 0.1) is 11.8 Å². The van der Waals surface area contributed by atoms with Crippen LogP contribution in [0.3, 0.4) is 0 Å². The third-order valence-electron chi connectivity index (χ3n) is 2.35. The van der Waals surface area contributed by atoms with Crippen molar-refractivity contribution >= 4 is 11.8 Å². The van der Waals surface area contributed by atoms with Crippen LogP contribution in [0.2, 0.25) is 0 Å². The molecule has 0 aliphatic carbocycles. The molecular formula is C15H21NOS. The molecule has 98 valence electrons. The van der Waals surface area contributed by atoms with E-state index >= 15 is 0 Å². The SMILES string of the molecule is CN(C)CCSCc1cccc(C#CCCO)c1. The van der Waals surface area contributed by atoms with Crippen molar-refractivity contribution in [3.8, 4) is 11.8 Å². The summed E-state index contributed by atoms with van der Waals surface area (Å²) in [5, 5.41) is 8.68. The second-order valence-electron chi connectivity index (χ2n) is 4.33. The Kier molecular flexibility index (Phi) is 7.59. The minimum Gasteiger partial charge on any atom is -0.395 e. The number of aliphatic hydroxyl groups is 1. The van der Waals surface area contributed by atoms with Crippen LogP contribution in [0.1, 0.15) is 17.5 Å². The second kappa shape index (κ2) is 9.04. The fraction of sp³-hybridized carbons (Fsp3) is 0.467. The van der Waals surface area contributed by atoms with Crippen LogP contribution in [0.4, 0.5) is 0 Å². The van der Waals surface area contributed by atoms with Crippen LogP contribution in [-0.4, -0.2) is 43.0 Å². The van der Waals surface area contributed by atoms with E-state index in [1.54, 1.807) is 0 Å². The molecule has 0 amide bonds. The summed E-state index contributed by atoms with van der Waals surface area (Å²) in [7, 11) is 4.19. The lowest BCUT2D eigenvalue weighted by atomic mass is 10.1. The van der Waals surface area contributed by atoms with E-state index in [0.29, 0.717) is 6.42 Å². The molecule has 2 nitrogen and oxygen atoms in total. The molecule has 0 atom stereocenters. The van der Waals surface area contributed by atoms with E-state index in [9.17, 15) is 0 Å². The average molecular weight is 263 g/mol. The molecule has 1 rings (SSSR count). The van der Waals surface area contributed by atoms with Crippen molar-refractivity contribution in [1.29, 1.82) is 0 Å². The molecule has 1 aromatic carbocycles. The largest absolute Gasteiger partial charge is 0.395 e. The van der Waals surface area contributed by atoms with E-state index < -0.39 is 0 Å². The highest BCUT2D eigenvalue weighted by molar-refractivity contribution is 7.98. The highest BCUT2D eigenvalue weighted by Gasteiger charge is 1.96. The third kappa shape index (κ3) is 6.70. The second-order valence-corrected chi connectivity index (χ2v) is 5.44. The van der Waals surface area contributed by atoms with Gasteiger partial charge in [-0.25, -0.2) is 0 Å². The number of nitrogens with zero attached hydrogens (tertiary/aromatic N) is 1. The van der Waals surface area contributed by atoms with Crippen LogP contribution in [0.15, 0.2) is 24.3 Å². The smallest absolute Gasteiger partial charge is 0.0540 e. The first-order chi connectivity index (χ1) is 8.72. The predicted molar refractivity (Wildman–Crippen MR) is 79.7 cm³/mol. The molecule has 0 aromatic heterocycles. The molecule has 0 radical (unpaired) electrons. The summed E-state index contributed by atoms with van der Waals surface area (Å²) in [6.45, 7) is 1.24. The number of aliphatic hydroxyl groups excluding tert-OH is 1. The first kappa shape index (κ1) is 15.1. The van der Waals surface area contributed by atoms with Gasteiger partial charge in [-0.1, -0.05) is 24.0 Å². The van der Waals surface area contributed by atoms with Crippen molar-refractivity contribution < 1.29 is 5.11 Å². The van der Waals surface area contributed by atoms with Gasteiger partial charge in [-0.2, -0.15) is 11.8 Å². The zero-order valence-electron chi connectivity index (χ0n) is 11.1. The maximum atomic E-state index is 8.68. The number of thioether (sulfide) groups is 1. The Morgan fingerprint density at radius 2 is 2.17 bits per heavy atom. The maximum absolute atomic E-state index is 8.68. The lowest BCUT2D eigenvalue weighted by Gasteiger charge is -2.08. The molecule has 0 bridgehead atoms. The van der Waals surface area contributed by atoms with Gasteiger partial charge in [0.2, 0.25) is 0 Å². The highest BCUT2D eigenvalue weighted by Crippen LogP contribution is 2.13. The summed E-state index contributed by atoms with van der Waals surface area (Å²) in [6.07, 6.45) is 0.543. The van der Waals surface area contributed by atoms with E-state index in [-0.39, 0.29) is 6.61 Å². The van der Waals surface area contributed by atoms with E-state index in [4.69, 9.17) is 5.11 Å². The summed E-state index contributed by atoms with van der Waals surface area (Å²) < 4.78 is 0. The van der Waals surface area contributed by atoms with Gasteiger partial charge in [0, 0.05) is 30.0 Å². The molecule has 0 spiro atoms. The van der Waals surface area contributed by atoms with Crippen molar-refractivity contribution in [1.82, 2.24) is 4.90 Å². The zero-order valence-corrected chi connectivity index (χ0v) is 12.0. The minimum absolute atomic E-state index is 0.132. The fourth-order valence-electron chi connectivity index (χ4n) is 1.40. The molecule has 0 saturated carbocycles. The minimum atomic E-state index is 0.132. The topological polar surface area (TPSA) is 23.5 Å². The Labute approximate surface area is 114 Å². The summed E-state index contributed by atoms with van der Waals surface area (Å²) in [6, 6.07) is 8.33. The Balaban J connectivity index is 2.42. The summed E-state index contributed by atoms with van der Waals surface area (Å²) in [4.78, 5) is 2.20. The van der Waals surface area contributed by atoms with Crippen LogP contribution in [-0.2, 0) is 5.75 Å². The number of hydrogen-bond donors (Lipinski definition) is 1. The summed E-state index contributed by atoms with van der Waals surface area (Å²) >= 11 is 1.94. The van der Waals surface area contributed by atoms with Crippen LogP contribution >= 0.6 is 11.8 Å². The molecule has 18 heavy (non-hydrogen) atoms. The predicted octanol–water partition coefficient (Wildman–Crippen LogP) is 2.22. The van der Waals surface area contributed by atoms with Gasteiger partial charge in [0.25, 0.3) is 0 Å². The molecule has 0 aliphatic rings. The summed E-state index contributed by atoms with van der Waals surface area (Å²) in [5.74, 6) is 8.19. The first-order valence-electron chi connectivity index (χ1n) is 6.13. The van der Waals surface area contributed by atoms with E-state index in [1.165, 1.54) is 5.56 Å². The van der Waals surface area contributed by atoms with Crippen molar-refractivity contribution in [3.05, 3.63) is 35.4 Å². The lowest BCUT2D eigenvalue weighted by Crippen LogP contribution is -2.14. The molecule has 0 unspecified atom stereocenters. The van der Waals surface area contributed by atoms with Gasteiger partial charge >= 0.3 is 0 Å². The average Bonchev–Trinajstić information content (AvgIpc) is 2.35. The van der Waals surface area contributed by atoms with Gasteiger partial charge in [-0.3, -0.25) is 0 Å². The van der Waals surface area contributed by atoms with E-state index in [2.05, 4.69) is 43.0 Å². The number of hydrogen-bond acceptors (Lipinski definition) is 3. The summed E-state index contributed by atoms with van der Waals surface area (Å²) in [5.41, 5.74) is 2.35. The number of rotatable bonds is 6. The van der Waals surface area contributed by atoms with Gasteiger partial charge in [0.15, 0.2) is 0 Å². The van der Waals surface area contributed by atoms with Gasteiger partial charge in [-0.05, 0) is 31.8 Å². The lowest BCUT2D eigenvalue weighted by molar-refractivity contribution is 0.305. The molecule has 0 saturated heterocycles. The van der Waals surface area contributed by atoms with Crippen molar-refractivity contribution in [2.45, 2.75) is 12.2 Å². The highest BCUT2D eigenvalue weighted by atomic mass is 32.2. The third-order valence-corrected chi connectivity index (χ3v) is 3.36. The quantitative estimate of drug-likeness (QED) is 0.629. The zero-order chi connectivity index (χ0) is 13.2. The Bertz CT molecular complexity index is 406. The molecule has 1 aromatic rings. The molecule has 1 N–H and O–H groups in total. The fourth-order valence-corrected chi connectivity index (χ4v) is 2.45. The van der Waals surface area contributed by atoms with Crippen LogP contribution < -0.4 is 0 Å². The van der Waals surface area contributed by atoms with Crippen LogP contribution in [0.5, 0.6) is 0 Å². The molecular weight excluding hydrogens is 242 g/mol. The Morgan fingerprint density at radius 1 is 1.33 bits per heavy atom. The molecule has 0 heterocycles. The Morgan fingerprint density at radius 3 is 2.89 bits per heavy atom. The van der Waals surface area contributed by atoms with Gasteiger partial charge in [0.05, 0.1) is 6.61 Å². The van der Waals surface area contributed by atoms with Crippen molar-refractivity contribution in [2.75, 3.05) is 33.0 Å². The normalized spacial score (nSPS) is 10.2. The molecule has 0 aliphatic heterocycles. The number of benzene rings is 1. The first-order valence-corrected chi connectivity index (χ1v) is 7.29. The Hall–Kier alpha value is -0.950. The molecule has 3 heteroatoms. The monoisotopic (exact) mass is 263 g/mol. The standard InChI is InChI=1S/C15H21NOS/c1-16(2)9-11-18-13-15-8-5-7-14(12-15)6-3-4-10-17/h5,7-8,12,17H,4,9-11,13H2,1-2H3. The van der Waals surface area contributed by atoms with E-state index in [1.807, 2.05) is 23.9 Å². The van der Waals surface area contributed by atoms with Crippen LogP contribution in [0.25, 0.3) is 0 Å². The van der Waals surface area contributed by atoms with Crippen molar-refractivity contribution in [2.24, 2.45) is 0 Å². The van der Waals surface area contributed by atoms with Crippen molar-refractivity contribution in [3.63, 3.8) is 0 Å². The maximum Gasteiger partial charge on any atom is 0.0540 e.